The van der Waals surface area contributed by atoms with E-state index in [4.69, 9.17) is 55.8 Å². The van der Waals surface area contributed by atoms with Crippen molar-refractivity contribution in [1.29, 1.82) is 0 Å². The monoisotopic (exact) mass is 540 g/mol. The average Bonchev–Trinajstić information content (AvgIpc) is 2.84. The van der Waals surface area contributed by atoms with Gasteiger partial charge in [-0.2, -0.15) is 0 Å². The van der Waals surface area contributed by atoms with Gasteiger partial charge in [0.25, 0.3) is 0 Å². The van der Waals surface area contributed by atoms with E-state index in [0.29, 0.717) is 0 Å². The summed E-state index contributed by atoms with van der Waals surface area (Å²) in [5, 5.41) is 0. The van der Waals surface area contributed by atoms with Crippen LogP contribution in [-0.2, 0) is 94.8 Å². The van der Waals surface area contributed by atoms with Crippen LogP contribution in [0.1, 0.15) is 0 Å². The van der Waals surface area contributed by atoms with Crippen molar-refractivity contribution in [2.75, 3.05) is 0 Å². The molecule has 0 saturated carbocycles. The average molecular weight is 538 g/mol. The predicted octanol–water partition coefficient (Wildman–Crippen LogP) is -0.455. The second-order valence-electron chi connectivity index (χ2n) is 0. The summed E-state index contributed by atoms with van der Waals surface area (Å²) in [6, 6.07) is 0. The van der Waals surface area contributed by atoms with Crippen molar-refractivity contribution in [3.63, 3.8) is 0 Å². The summed E-state index contributed by atoms with van der Waals surface area (Å²) in [7, 11) is 0. The first kappa shape index (κ1) is 126. The van der Waals surface area contributed by atoms with Crippen LogP contribution in [0.25, 0.3) is 0 Å². The zero-order valence-electron chi connectivity index (χ0n) is 11.6. The summed E-state index contributed by atoms with van der Waals surface area (Å²) in [5.41, 5.74) is 0. The first-order valence-electron chi connectivity index (χ1n) is 2.45. The minimum atomic E-state index is 0. The Kier molecular flexibility index (Phi) is 15600. The van der Waals surface area contributed by atoms with Crippen LogP contribution in [0, 0.1) is 79.8 Å². The first-order valence-corrected chi connectivity index (χ1v) is 2.45. The van der Waals surface area contributed by atoms with Crippen molar-refractivity contribution in [2.24, 2.45) is 0 Å². The maximum atomic E-state index is 7.50. The van der Waals surface area contributed by atoms with Gasteiger partial charge in [-0.05, 0) is 0 Å². The van der Waals surface area contributed by atoms with E-state index in [1.54, 1.807) is 0 Å². The van der Waals surface area contributed by atoms with Gasteiger partial charge in [0, 0.05) is 39.0 Å². The van der Waals surface area contributed by atoms with Crippen LogP contribution >= 0.6 is 0 Å². The molecule has 0 fully saturated rings. The van der Waals surface area contributed by atoms with E-state index in [9.17, 15) is 0 Å². The molecule has 12 nitrogen and oxygen atoms in total. The molecule has 0 aliphatic heterocycles. The Hall–Kier alpha value is -1.87. The van der Waals surface area contributed by atoms with Crippen molar-refractivity contribution in [3.05, 3.63) is 79.8 Å². The van der Waals surface area contributed by atoms with Gasteiger partial charge in [0.1, 0.15) is 0 Å². The van der Waals surface area contributed by atoms with Crippen molar-refractivity contribution < 1.29 is 94.8 Å². The van der Waals surface area contributed by atoms with E-state index in [1.807, 2.05) is 0 Å². The number of rotatable bonds is 0. The van der Waals surface area contributed by atoms with Crippen LogP contribution in [0.4, 0.5) is 0 Å². The molecule has 0 bridgehead atoms. The van der Waals surface area contributed by atoms with E-state index in [0.717, 1.165) is 0 Å². The Labute approximate surface area is 174 Å². The van der Waals surface area contributed by atoms with Gasteiger partial charge in [0.05, 0.1) is 0 Å². The fraction of sp³-hybridized carbons (Fsp3) is 0. The third-order valence-corrected chi connectivity index (χ3v) is 0. The van der Waals surface area contributed by atoms with Gasteiger partial charge in [0.15, 0.2) is 0 Å². The molecule has 0 radical (unpaired) electrons. The molecule has 0 aliphatic carbocycles. The summed E-state index contributed by atoms with van der Waals surface area (Å²) >= 11 is 0. The minimum absolute atomic E-state index is 0. The molecule has 0 aromatic heterocycles. The molecular formula is C12O12Ru2. The third-order valence-electron chi connectivity index (χ3n) is 0. The zero-order chi connectivity index (χ0) is 24.0. The molecular weight excluding hydrogens is 538 g/mol. The van der Waals surface area contributed by atoms with Crippen LogP contribution in [0.15, 0.2) is 0 Å². The second-order valence-corrected chi connectivity index (χ2v) is 0. The SMILES string of the molecule is [C-]#[O+].[C-]#[O+].[C-]#[O+].[C-]#[O+].[C-]#[O+].[C-]#[O+].[C-]#[O+].[C-]#[O+].[C-]#[O+].[C-]#[O+].[C-]#[O+].[C-]#[O+].[Ru].[Ru]. The Morgan fingerprint density at radius 1 is 0.154 bits per heavy atom. The van der Waals surface area contributed by atoms with Crippen molar-refractivity contribution in [2.45, 2.75) is 0 Å². The normalized spacial score (nSPS) is 0.923. The molecule has 0 aromatic rings. The standard InChI is InChI=1S/12CO.2Ru/c12*1-2;;. The van der Waals surface area contributed by atoms with Crippen molar-refractivity contribution >= 4 is 0 Å². The number of hydrogen-bond acceptors (Lipinski definition) is 0. The first-order chi connectivity index (χ1) is 12.0. The molecule has 0 aromatic carbocycles. The maximum Gasteiger partial charge on any atom is 0 e. The molecule has 0 aliphatic rings. The van der Waals surface area contributed by atoms with Gasteiger partial charge in [0.2, 0.25) is 0 Å². The summed E-state index contributed by atoms with van der Waals surface area (Å²) in [6.45, 7) is 54.0. The van der Waals surface area contributed by atoms with Crippen LogP contribution in [0.2, 0.25) is 0 Å². The van der Waals surface area contributed by atoms with E-state index < -0.39 is 0 Å². The van der Waals surface area contributed by atoms with Gasteiger partial charge >= 0.3 is 136 Å². The molecule has 0 spiro atoms. The van der Waals surface area contributed by atoms with Crippen LogP contribution < -0.4 is 0 Å². The van der Waals surface area contributed by atoms with Crippen molar-refractivity contribution in [1.82, 2.24) is 0 Å². The molecule has 0 amide bonds. The molecule has 0 unspecified atom stereocenters. The smallest absolute Gasteiger partial charge is 0 e. The molecule has 0 N–H and O–H groups in total. The van der Waals surface area contributed by atoms with Crippen LogP contribution in [0.5, 0.6) is 0 Å². The van der Waals surface area contributed by atoms with Gasteiger partial charge in [-0.3, -0.25) is 0 Å². The predicted molar refractivity (Wildman–Crippen MR) is 47.2 cm³/mol. The van der Waals surface area contributed by atoms with Crippen LogP contribution in [0.3, 0.4) is 0 Å². The molecule has 0 rings (SSSR count). The van der Waals surface area contributed by atoms with E-state index in [1.165, 1.54) is 0 Å². The van der Waals surface area contributed by atoms with Gasteiger partial charge in [-0.25, -0.2) is 0 Å². The molecule has 0 heterocycles. The second kappa shape index (κ2) is 3230. The Bertz CT molecular complexity index is 220. The topological polar surface area (TPSA) is 239 Å². The molecule has 14 heteroatoms. The van der Waals surface area contributed by atoms with E-state index in [2.05, 4.69) is 79.8 Å². The quantitative estimate of drug-likeness (QED) is 0.216. The van der Waals surface area contributed by atoms with Gasteiger partial charge < -0.3 is 0 Å². The Morgan fingerprint density at radius 2 is 0.154 bits per heavy atom. The molecule has 0 saturated heterocycles. The zero-order valence-corrected chi connectivity index (χ0v) is 15.1. The molecule has 26 heavy (non-hydrogen) atoms. The summed E-state index contributed by atoms with van der Waals surface area (Å²) in [4.78, 5) is 0. The van der Waals surface area contributed by atoms with Crippen LogP contribution in [-0.4, -0.2) is 0 Å². The van der Waals surface area contributed by atoms with E-state index >= 15 is 0 Å². The molecule has 136 valence electrons. The molecule has 0 atom stereocenters. The third kappa shape index (κ3) is 2810. The Morgan fingerprint density at radius 3 is 0.154 bits per heavy atom. The Balaban J connectivity index is -0.00000000500. The van der Waals surface area contributed by atoms with E-state index in [-0.39, 0.29) is 39.0 Å². The summed E-state index contributed by atoms with van der Waals surface area (Å²) in [5.74, 6) is 0. The van der Waals surface area contributed by atoms with Gasteiger partial charge in [-0.15, -0.1) is 0 Å². The maximum absolute atomic E-state index is 7.50. The fourth-order valence-electron chi connectivity index (χ4n) is 0. The minimum Gasteiger partial charge on any atom is 0 e. The van der Waals surface area contributed by atoms with Gasteiger partial charge in [-0.1, -0.05) is 0 Å². The fourth-order valence-corrected chi connectivity index (χ4v) is 0. The van der Waals surface area contributed by atoms with Crippen molar-refractivity contribution in [3.8, 4) is 0 Å². The largest absolute Gasteiger partial charge is 0 e. The summed E-state index contributed by atoms with van der Waals surface area (Å²) < 4.78 is 90.0. The summed E-state index contributed by atoms with van der Waals surface area (Å²) in [6.07, 6.45) is 0. The number of hydrogen-bond donors (Lipinski definition) is 0.